The minimum absolute atomic E-state index is 0.0206. The van der Waals surface area contributed by atoms with E-state index in [1.165, 1.54) is 4.90 Å². The van der Waals surface area contributed by atoms with Crippen LogP contribution in [0.25, 0.3) is 5.76 Å². The van der Waals surface area contributed by atoms with Gasteiger partial charge >= 0.3 is 0 Å². The van der Waals surface area contributed by atoms with Crippen LogP contribution >= 0.6 is 0 Å². The fourth-order valence-corrected chi connectivity index (χ4v) is 4.39. The molecule has 0 spiro atoms. The van der Waals surface area contributed by atoms with Crippen molar-refractivity contribution in [1.29, 1.82) is 0 Å². The summed E-state index contributed by atoms with van der Waals surface area (Å²) in [4.78, 5) is 28.4. The second-order valence-electron chi connectivity index (χ2n) is 8.39. The van der Waals surface area contributed by atoms with Crippen LogP contribution in [-0.2, 0) is 9.59 Å². The van der Waals surface area contributed by atoms with Crippen molar-refractivity contribution in [2.75, 3.05) is 18.1 Å². The molecule has 1 heterocycles. The van der Waals surface area contributed by atoms with E-state index in [0.29, 0.717) is 36.0 Å². The van der Waals surface area contributed by atoms with Crippen LogP contribution in [0.2, 0.25) is 0 Å². The molecule has 1 unspecified atom stereocenters. The summed E-state index contributed by atoms with van der Waals surface area (Å²) in [5.74, 6) is -0.744. The molecular formula is C29H29NO5. The number of carbonyl (C=O) groups is 2. The summed E-state index contributed by atoms with van der Waals surface area (Å²) in [6, 6.07) is 19.3. The van der Waals surface area contributed by atoms with Gasteiger partial charge in [0, 0.05) is 11.8 Å². The van der Waals surface area contributed by atoms with Crippen LogP contribution in [0.3, 0.4) is 0 Å². The molecule has 1 aliphatic rings. The molecule has 1 amide bonds. The number of amides is 1. The van der Waals surface area contributed by atoms with Gasteiger partial charge in [0.25, 0.3) is 11.7 Å². The monoisotopic (exact) mass is 471 g/mol. The highest BCUT2D eigenvalue weighted by Gasteiger charge is 2.47. The van der Waals surface area contributed by atoms with Crippen LogP contribution in [-0.4, -0.2) is 30.0 Å². The van der Waals surface area contributed by atoms with Gasteiger partial charge in [-0.3, -0.25) is 14.5 Å². The number of ketones is 1. The maximum atomic E-state index is 13.4. The largest absolute Gasteiger partial charge is 0.507 e. The average molecular weight is 472 g/mol. The SMILES string of the molecule is CCOc1ccc(/C(O)=C2/C(=O)C(=O)N(c3cc(C)ccc3C)C2c2ccccc2)c(OCC)c1. The van der Waals surface area contributed by atoms with Gasteiger partial charge in [-0.25, -0.2) is 0 Å². The van der Waals surface area contributed by atoms with Crippen molar-refractivity contribution in [1.82, 2.24) is 0 Å². The molecule has 0 aromatic heterocycles. The van der Waals surface area contributed by atoms with Gasteiger partial charge in [0.15, 0.2) is 0 Å². The van der Waals surface area contributed by atoms with Crippen molar-refractivity contribution in [2.45, 2.75) is 33.7 Å². The van der Waals surface area contributed by atoms with E-state index in [1.807, 2.05) is 76.2 Å². The van der Waals surface area contributed by atoms with Crippen LogP contribution in [0.4, 0.5) is 5.69 Å². The van der Waals surface area contributed by atoms with E-state index in [4.69, 9.17) is 9.47 Å². The number of carbonyl (C=O) groups excluding carboxylic acids is 2. The number of Topliss-reactive ketones (excluding diaryl/α,β-unsaturated/α-hetero) is 1. The van der Waals surface area contributed by atoms with Gasteiger partial charge in [-0.05, 0) is 62.6 Å². The molecule has 6 nitrogen and oxygen atoms in total. The number of hydrogen-bond donors (Lipinski definition) is 1. The van der Waals surface area contributed by atoms with E-state index < -0.39 is 17.7 Å². The fraction of sp³-hybridized carbons (Fsp3) is 0.241. The molecule has 3 aromatic carbocycles. The molecule has 1 N–H and O–H groups in total. The van der Waals surface area contributed by atoms with Crippen LogP contribution in [0.5, 0.6) is 11.5 Å². The summed E-state index contributed by atoms with van der Waals surface area (Å²) >= 11 is 0. The number of aliphatic hydroxyl groups is 1. The van der Waals surface area contributed by atoms with Gasteiger partial charge in [0.1, 0.15) is 17.3 Å². The molecule has 180 valence electrons. The standard InChI is InChI=1S/C29H29NO5/c1-5-34-21-14-15-22(24(17-21)35-6-2)27(31)25-26(20-10-8-7-9-11-20)30(29(33)28(25)32)23-16-18(3)12-13-19(23)4/h7-17,26,31H,5-6H2,1-4H3/b27-25-. The predicted octanol–water partition coefficient (Wildman–Crippen LogP) is 5.73. The van der Waals surface area contributed by atoms with Crippen LogP contribution in [0.15, 0.2) is 72.3 Å². The van der Waals surface area contributed by atoms with E-state index in [2.05, 4.69) is 0 Å². The lowest BCUT2D eigenvalue weighted by molar-refractivity contribution is -0.132. The Hall–Kier alpha value is -4.06. The first-order chi connectivity index (χ1) is 16.9. The van der Waals surface area contributed by atoms with Crippen molar-refractivity contribution >= 4 is 23.1 Å². The Morgan fingerprint density at radius 2 is 1.63 bits per heavy atom. The van der Waals surface area contributed by atoms with Crippen molar-refractivity contribution < 1.29 is 24.2 Å². The van der Waals surface area contributed by atoms with Crippen LogP contribution < -0.4 is 14.4 Å². The molecule has 4 rings (SSSR count). The minimum Gasteiger partial charge on any atom is -0.507 e. The highest BCUT2D eigenvalue weighted by molar-refractivity contribution is 6.51. The zero-order valence-corrected chi connectivity index (χ0v) is 20.4. The number of ether oxygens (including phenoxy) is 2. The lowest BCUT2D eigenvalue weighted by atomic mass is 9.94. The van der Waals surface area contributed by atoms with Gasteiger partial charge in [0.05, 0.1) is 30.4 Å². The Labute approximate surface area is 205 Å². The summed E-state index contributed by atoms with van der Waals surface area (Å²) in [5, 5.41) is 11.5. The zero-order valence-electron chi connectivity index (χ0n) is 20.4. The summed E-state index contributed by atoms with van der Waals surface area (Å²) in [5.41, 5.74) is 3.52. The minimum atomic E-state index is -0.794. The summed E-state index contributed by atoms with van der Waals surface area (Å²) in [7, 11) is 0. The van der Waals surface area contributed by atoms with Crippen molar-refractivity contribution in [2.24, 2.45) is 0 Å². The third kappa shape index (κ3) is 4.52. The smallest absolute Gasteiger partial charge is 0.300 e. The Balaban J connectivity index is 1.96. The zero-order chi connectivity index (χ0) is 25.1. The highest BCUT2D eigenvalue weighted by Crippen LogP contribution is 2.44. The molecule has 6 heteroatoms. The number of aliphatic hydroxyl groups excluding tert-OH is 1. The third-order valence-corrected chi connectivity index (χ3v) is 6.00. The van der Waals surface area contributed by atoms with Gasteiger partial charge in [-0.1, -0.05) is 42.5 Å². The van der Waals surface area contributed by atoms with E-state index in [-0.39, 0.29) is 11.3 Å². The molecule has 35 heavy (non-hydrogen) atoms. The maximum Gasteiger partial charge on any atom is 0.300 e. The normalized spacial score (nSPS) is 17.0. The quantitative estimate of drug-likeness (QED) is 0.271. The Kier molecular flexibility index (Phi) is 6.92. The Morgan fingerprint density at radius 3 is 2.31 bits per heavy atom. The van der Waals surface area contributed by atoms with Gasteiger partial charge in [-0.15, -0.1) is 0 Å². The molecule has 1 saturated heterocycles. The summed E-state index contributed by atoms with van der Waals surface area (Å²) < 4.78 is 11.3. The average Bonchev–Trinajstić information content (AvgIpc) is 3.12. The lowest BCUT2D eigenvalue weighted by Crippen LogP contribution is -2.30. The van der Waals surface area contributed by atoms with Crippen LogP contribution in [0.1, 0.15) is 42.1 Å². The first kappa shape index (κ1) is 24.1. The number of hydrogen-bond acceptors (Lipinski definition) is 5. The first-order valence-corrected chi connectivity index (χ1v) is 11.7. The fourth-order valence-electron chi connectivity index (χ4n) is 4.39. The van der Waals surface area contributed by atoms with E-state index >= 15 is 0 Å². The number of benzene rings is 3. The lowest BCUT2D eigenvalue weighted by Gasteiger charge is -2.27. The number of rotatable bonds is 7. The molecule has 1 aliphatic heterocycles. The van der Waals surface area contributed by atoms with E-state index in [0.717, 1.165) is 16.7 Å². The van der Waals surface area contributed by atoms with Crippen molar-refractivity contribution in [3.8, 4) is 11.5 Å². The summed E-state index contributed by atoms with van der Waals surface area (Å²) in [6.07, 6.45) is 0. The van der Waals surface area contributed by atoms with Crippen LogP contribution in [0, 0.1) is 13.8 Å². The van der Waals surface area contributed by atoms with Crippen molar-refractivity contribution in [3.05, 3.63) is 94.6 Å². The molecule has 3 aromatic rings. The Morgan fingerprint density at radius 1 is 0.914 bits per heavy atom. The third-order valence-electron chi connectivity index (χ3n) is 6.00. The van der Waals surface area contributed by atoms with Gasteiger partial charge in [-0.2, -0.15) is 0 Å². The number of aryl methyl sites for hydroxylation is 2. The second kappa shape index (κ2) is 10.1. The molecule has 1 atom stereocenters. The maximum absolute atomic E-state index is 13.4. The van der Waals surface area contributed by atoms with Crippen molar-refractivity contribution in [3.63, 3.8) is 0 Å². The molecule has 0 aliphatic carbocycles. The van der Waals surface area contributed by atoms with E-state index in [1.54, 1.807) is 18.2 Å². The second-order valence-corrected chi connectivity index (χ2v) is 8.39. The molecular weight excluding hydrogens is 442 g/mol. The van der Waals surface area contributed by atoms with E-state index in [9.17, 15) is 14.7 Å². The Bertz CT molecular complexity index is 1300. The molecule has 0 radical (unpaired) electrons. The van der Waals surface area contributed by atoms with Gasteiger partial charge in [0.2, 0.25) is 0 Å². The molecule has 0 bridgehead atoms. The molecule has 0 saturated carbocycles. The van der Waals surface area contributed by atoms with Gasteiger partial charge < -0.3 is 14.6 Å². The summed E-state index contributed by atoms with van der Waals surface area (Å²) in [6.45, 7) is 8.38. The number of anilines is 1. The topological polar surface area (TPSA) is 76.1 Å². The molecule has 1 fully saturated rings. The number of nitrogens with zero attached hydrogens (tertiary/aromatic N) is 1. The first-order valence-electron chi connectivity index (χ1n) is 11.7. The highest BCUT2D eigenvalue weighted by atomic mass is 16.5. The predicted molar refractivity (Wildman–Crippen MR) is 136 cm³/mol.